The highest BCUT2D eigenvalue weighted by Crippen LogP contribution is 2.06. The molecule has 2 amide bonds. The molecular weight excluding hydrogens is 266 g/mol. The third-order valence-corrected chi connectivity index (χ3v) is 2.98. The van der Waals surface area contributed by atoms with Crippen LogP contribution in [0.15, 0.2) is 42.6 Å². The van der Waals surface area contributed by atoms with Crippen LogP contribution in [-0.2, 0) is 4.79 Å². The molecule has 0 unspecified atom stereocenters. The minimum Gasteiger partial charge on any atom is -0.343 e. The number of carbonyl (C=O) groups is 2. The van der Waals surface area contributed by atoms with Gasteiger partial charge in [0.25, 0.3) is 5.91 Å². The minimum atomic E-state index is -0.312. The van der Waals surface area contributed by atoms with Gasteiger partial charge in [0.2, 0.25) is 5.91 Å². The molecule has 5 nitrogen and oxygen atoms in total. The molecule has 0 saturated heterocycles. The summed E-state index contributed by atoms with van der Waals surface area (Å²) in [5.41, 5.74) is 2.45. The molecular formula is C16H17N3O2. The Morgan fingerprint density at radius 2 is 1.86 bits per heavy atom. The van der Waals surface area contributed by atoms with E-state index in [0.29, 0.717) is 11.4 Å². The number of nitrogens with zero attached hydrogens (tertiary/aromatic N) is 1. The highest BCUT2D eigenvalue weighted by Gasteiger charge is 2.10. The third kappa shape index (κ3) is 4.14. The van der Waals surface area contributed by atoms with Gasteiger partial charge < -0.3 is 10.6 Å². The average molecular weight is 283 g/mol. The average Bonchev–Trinajstić information content (AvgIpc) is 2.48. The second-order valence-electron chi connectivity index (χ2n) is 4.77. The van der Waals surface area contributed by atoms with E-state index in [1.165, 1.54) is 0 Å². The Morgan fingerprint density at radius 1 is 1.10 bits per heavy atom. The number of benzene rings is 1. The standard InChI is InChI=1S/C16H17N3O2/c1-11-7-8-14(17-9-11)19-15(20)10-18-16(21)13-6-4-3-5-12(13)2/h3-9H,10H2,1-2H3,(H,18,21)(H,17,19,20). The van der Waals surface area contributed by atoms with Crippen molar-refractivity contribution >= 4 is 17.6 Å². The van der Waals surface area contributed by atoms with Crippen LogP contribution in [0.2, 0.25) is 0 Å². The third-order valence-electron chi connectivity index (χ3n) is 2.98. The van der Waals surface area contributed by atoms with Gasteiger partial charge in [0, 0.05) is 11.8 Å². The molecule has 2 aromatic rings. The number of rotatable bonds is 4. The summed E-state index contributed by atoms with van der Waals surface area (Å²) in [6, 6.07) is 10.8. The monoisotopic (exact) mass is 283 g/mol. The van der Waals surface area contributed by atoms with Crippen LogP contribution >= 0.6 is 0 Å². The van der Waals surface area contributed by atoms with Crippen LogP contribution < -0.4 is 10.6 Å². The van der Waals surface area contributed by atoms with Crippen LogP contribution in [0.5, 0.6) is 0 Å². The number of carbonyl (C=O) groups excluding carboxylic acids is 2. The summed E-state index contributed by atoms with van der Waals surface area (Å²) < 4.78 is 0. The maximum Gasteiger partial charge on any atom is 0.251 e. The molecule has 0 aliphatic heterocycles. The van der Waals surface area contributed by atoms with Gasteiger partial charge in [-0.05, 0) is 37.1 Å². The number of pyridine rings is 1. The maximum absolute atomic E-state index is 12.0. The van der Waals surface area contributed by atoms with Gasteiger partial charge in [-0.1, -0.05) is 24.3 Å². The zero-order chi connectivity index (χ0) is 15.2. The Kier molecular flexibility index (Phi) is 4.66. The molecule has 2 N–H and O–H groups in total. The number of hydrogen-bond donors (Lipinski definition) is 2. The zero-order valence-electron chi connectivity index (χ0n) is 12.0. The van der Waals surface area contributed by atoms with Gasteiger partial charge in [-0.2, -0.15) is 0 Å². The Balaban J connectivity index is 1.88. The molecule has 108 valence electrons. The quantitative estimate of drug-likeness (QED) is 0.902. The van der Waals surface area contributed by atoms with Crippen LogP contribution in [0.1, 0.15) is 21.5 Å². The van der Waals surface area contributed by atoms with E-state index in [1.54, 1.807) is 24.4 Å². The fraction of sp³-hybridized carbons (Fsp3) is 0.188. The lowest BCUT2D eigenvalue weighted by atomic mass is 10.1. The van der Waals surface area contributed by atoms with E-state index in [9.17, 15) is 9.59 Å². The lowest BCUT2D eigenvalue weighted by Gasteiger charge is -2.08. The van der Waals surface area contributed by atoms with Crippen molar-refractivity contribution in [3.05, 3.63) is 59.3 Å². The summed E-state index contributed by atoms with van der Waals surface area (Å²) in [5, 5.41) is 5.22. The number of aromatic nitrogens is 1. The van der Waals surface area contributed by atoms with Crippen molar-refractivity contribution in [1.82, 2.24) is 10.3 Å². The summed E-state index contributed by atoms with van der Waals surface area (Å²) in [7, 11) is 0. The zero-order valence-corrected chi connectivity index (χ0v) is 12.0. The predicted molar refractivity (Wildman–Crippen MR) is 81.1 cm³/mol. The van der Waals surface area contributed by atoms with Crippen molar-refractivity contribution in [2.45, 2.75) is 13.8 Å². The van der Waals surface area contributed by atoms with E-state index in [1.807, 2.05) is 32.0 Å². The Bertz CT molecular complexity index is 651. The van der Waals surface area contributed by atoms with Gasteiger partial charge in [0.05, 0.1) is 6.54 Å². The molecule has 0 bridgehead atoms. The Morgan fingerprint density at radius 3 is 2.52 bits per heavy atom. The van der Waals surface area contributed by atoms with Crippen LogP contribution in [-0.4, -0.2) is 23.3 Å². The van der Waals surface area contributed by atoms with Crippen LogP contribution in [0.25, 0.3) is 0 Å². The summed E-state index contributed by atoms with van der Waals surface area (Å²) in [5.74, 6) is -0.107. The van der Waals surface area contributed by atoms with Gasteiger partial charge in [-0.15, -0.1) is 0 Å². The molecule has 5 heteroatoms. The number of nitrogens with one attached hydrogen (secondary N) is 2. The summed E-state index contributed by atoms with van der Waals surface area (Å²) in [6.07, 6.45) is 1.67. The van der Waals surface area contributed by atoms with Gasteiger partial charge in [-0.25, -0.2) is 4.98 Å². The van der Waals surface area contributed by atoms with Crippen molar-refractivity contribution in [2.24, 2.45) is 0 Å². The van der Waals surface area contributed by atoms with E-state index >= 15 is 0 Å². The molecule has 1 aromatic carbocycles. The first kappa shape index (κ1) is 14.7. The van der Waals surface area contributed by atoms with E-state index in [4.69, 9.17) is 0 Å². The van der Waals surface area contributed by atoms with E-state index < -0.39 is 0 Å². The second kappa shape index (κ2) is 6.65. The molecule has 21 heavy (non-hydrogen) atoms. The summed E-state index contributed by atoms with van der Waals surface area (Å²) in [6.45, 7) is 3.68. The normalized spacial score (nSPS) is 10.0. The van der Waals surface area contributed by atoms with Crippen LogP contribution in [0.4, 0.5) is 5.82 Å². The highest BCUT2D eigenvalue weighted by atomic mass is 16.2. The molecule has 0 aliphatic carbocycles. The van der Waals surface area contributed by atoms with E-state index in [0.717, 1.165) is 11.1 Å². The highest BCUT2D eigenvalue weighted by molar-refractivity contribution is 5.99. The van der Waals surface area contributed by atoms with Gasteiger partial charge >= 0.3 is 0 Å². The fourth-order valence-corrected chi connectivity index (χ4v) is 1.81. The van der Waals surface area contributed by atoms with Gasteiger partial charge in [0.1, 0.15) is 5.82 Å². The molecule has 0 atom stereocenters. The maximum atomic E-state index is 12.0. The Labute approximate surface area is 123 Å². The molecule has 0 saturated carbocycles. The van der Waals surface area contributed by atoms with E-state index in [2.05, 4.69) is 15.6 Å². The topological polar surface area (TPSA) is 71.1 Å². The second-order valence-corrected chi connectivity index (χ2v) is 4.77. The molecule has 0 radical (unpaired) electrons. The number of aryl methyl sites for hydroxylation is 2. The first-order valence-electron chi connectivity index (χ1n) is 6.62. The lowest BCUT2D eigenvalue weighted by Crippen LogP contribution is -2.33. The van der Waals surface area contributed by atoms with Crippen molar-refractivity contribution in [3.63, 3.8) is 0 Å². The van der Waals surface area contributed by atoms with E-state index in [-0.39, 0.29) is 18.4 Å². The van der Waals surface area contributed by atoms with Gasteiger partial charge in [-0.3, -0.25) is 9.59 Å². The summed E-state index contributed by atoms with van der Waals surface area (Å²) in [4.78, 5) is 27.8. The SMILES string of the molecule is Cc1ccc(NC(=O)CNC(=O)c2ccccc2C)nc1. The minimum absolute atomic E-state index is 0.0945. The molecule has 0 aliphatic rings. The lowest BCUT2D eigenvalue weighted by molar-refractivity contribution is -0.115. The largest absolute Gasteiger partial charge is 0.343 e. The van der Waals surface area contributed by atoms with Crippen LogP contribution in [0, 0.1) is 13.8 Å². The number of hydrogen-bond acceptors (Lipinski definition) is 3. The number of anilines is 1. The van der Waals surface area contributed by atoms with Crippen molar-refractivity contribution in [1.29, 1.82) is 0 Å². The molecule has 1 aromatic heterocycles. The number of amides is 2. The first-order valence-corrected chi connectivity index (χ1v) is 6.62. The molecule has 0 spiro atoms. The molecule has 0 fully saturated rings. The Hall–Kier alpha value is -2.69. The summed E-state index contributed by atoms with van der Waals surface area (Å²) >= 11 is 0. The van der Waals surface area contributed by atoms with Crippen molar-refractivity contribution < 1.29 is 9.59 Å². The smallest absolute Gasteiger partial charge is 0.251 e. The predicted octanol–water partition coefficient (Wildman–Crippen LogP) is 2.07. The van der Waals surface area contributed by atoms with Crippen molar-refractivity contribution in [3.8, 4) is 0 Å². The molecule has 2 rings (SSSR count). The van der Waals surface area contributed by atoms with Crippen molar-refractivity contribution in [2.75, 3.05) is 11.9 Å². The fourth-order valence-electron chi connectivity index (χ4n) is 1.81. The van der Waals surface area contributed by atoms with Crippen LogP contribution in [0.3, 0.4) is 0 Å². The first-order chi connectivity index (χ1) is 10.1. The molecule has 1 heterocycles. The van der Waals surface area contributed by atoms with Gasteiger partial charge in [0.15, 0.2) is 0 Å².